The number of imidazole rings is 1. The molecule has 2 N–H and O–H groups in total. The second-order valence-corrected chi connectivity index (χ2v) is 9.46. The van der Waals surface area contributed by atoms with Crippen LogP contribution >= 0.6 is 0 Å². The fourth-order valence-electron chi connectivity index (χ4n) is 5.38. The highest BCUT2D eigenvalue weighted by Gasteiger charge is 2.25. The maximum Gasteiger partial charge on any atom is 0.223 e. The average Bonchev–Trinajstić information content (AvgIpc) is 3.46. The van der Waals surface area contributed by atoms with E-state index in [1.54, 1.807) is 6.92 Å². The first-order valence-corrected chi connectivity index (χ1v) is 12.3. The Hall–Kier alpha value is -3.84. The van der Waals surface area contributed by atoms with Gasteiger partial charge >= 0.3 is 0 Å². The van der Waals surface area contributed by atoms with Crippen LogP contribution in [0.15, 0.2) is 66.9 Å². The molecule has 2 aliphatic heterocycles. The summed E-state index contributed by atoms with van der Waals surface area (Å²) in [5, 5.41) is 0. The molecule has 7 nitrogen and oxygen atoms in total. The second-order valence-electron chi connectivity index (χ2n) is 9.46. The lowest BCUT2D eigenvalue weighted by molar-refractivity contribution is -0.116. The van der Waals surface area contributed by atoms with E-state index < -0.39 is 0 Å². The number of hydrogen-bond donors (Lipinski definition) is 1. The second kappa shape index (κ2) is 8.74. The molecule has 2 aromatic carbocycles. The Morgan fingerprint density at radius 1 is 0.971 bits per heavy atom. The van der Waals surface area contributed by atoms with Gasteiger partial charge in [-0.25, -0.2) is 4.98 Å². The molecule has 6 rings (SSSR count). The molecule has 35 heavy (non-hydrogen) atoms. The van der Waals surface area contributed by atoms with Crippen molar-refractivity contribution in [2.45, 2.75) is 19.9 Å². The summed E-state index contributed by atoms with van der Waals surface area (Å²) in [5.41, 5.74) is 14.5. The minimum Gasteiger partial charge on any atom is -0.398 e. The lowest BCUT2D eigenvalue weighted by Crippen LogP contribution is -2.46. The fourth-order valence-corrected chi connectivity index (χ4v) is 5.38. The van der Waals surface area contributed by atoms with Crippen molar-refractivity contribution in [2.75, 3.05) is 48.3 Å². The first-order valence-electron chi connectivity index (χ1n) is 12.3. The van der Waals surface area contributed by atoms with Crippen molar-refractivity contribution in [2.24, 2.45) is 0 Å². The molecule has 0 bridgehead atoms. The van der Waals surface area contributed by atoms with Gasteiger partial charge in [0.25, 0.3) is 0 Å². The average molecular weight is 467 g/mol. The Labute approximate surface area is 205 Å². The van der Waals surface area contributed by atoms with Crippen LogP contribution in [0.2, 0.25) is 0 Å². The van der Waals surface area contributed by atoms with Crippen LogP contribution in [0.25, 0.3) is 16.9 Å². The van der Waals surface area contributed by atoms with Crippen molar-refractivity contribution in [3.8, 4) is 11.3 Å². The highest BCUT2D eigenvalue weighted by atomic mass is 16.2. The third-order valence-electron chi connectivity index (χ3n) is 7.24. The summed E-state index contributed by atoms with van der Waals surface area (Å²) in [4.78, 5) is 23.8. The van der Waals surface area contributed by atoms with E-state index in [1.165, 1.54) is 11.3 Å². The van der Waals surface area contributed by atoms with Crippen molar-refractivity contribution in [3.05, 3.63) is 78.1 Å². The summed E-state index contributed by atoms with van der Waals surface area (Å²) in [6.45, 7) is 7.15. The number of fused-ring (bicyclic) bond motifs is 2. The fraction of sp³-hybridized carbons (Fsp3) is 0.286. The minimum absolute atomic E-state index is 0.0926. The molecule has 178 valence electrons. The number of amides is 1. The van der Waals surface area contributed by atoms with E-state index in [0.717, 1.165) is 79.7 Å². The van der Waals surface area contributed by atoms with Crippen molar-refractivity contribution in [1.29, 1.82) is 0 Å². The zero-order chi connectivity index (χ0) is 23.9. The third-order valence-corrected chi connectivity index (χ3v) is 7.24. The van der Waals surface area contributed by atoms with Gasteiger partial charge in [0.15, 0.2) is 0 Å². The van der Waals surface area contributed by atoms with E-state index in [1.807, 2.05) is 23.2 Å². The summed E-state index contributed by atoms with van der Waals surface area (Å²) in [6, 6.07) is 20.9. The highest BCUT2D eigenvalue weighted by Crippen LogP contribution is 2.34. The molecule has 0 unspecified atom stereocenters. The normalized spacial score (nSPS) is 16.1. The summed E-state index contributed by atoms with van der Waals surface area (Å²) < 4.78 is 2.14. The molecule has 2 aromatic heterocycles. The molecule has 0 saturated carbocycles. The van der Waals surface area contributed by atoms with Crippen LogP contribution in [0.5, 0.6) is 0 Å². The van der Waals surface area contributed by atoms with Crippen molar-refractivity contribution < 1.29 is 4.79 Å². The predicted molar refractivity (Wildman–Crippen MR) is 141 cm³/mol. The smallest absolute Gasteiger partial charge is 0.223 e. The number of carbonyl (C=O) groups excluding carboxylic acids is 1. The molecule has 0 spiro atoms. The Kier molecular flexibility index (Phi) is 5.41. The summed E-state index contributed by atoms with van der Waals surface area (Å²) in [6.07, 6.45) is 2.85. The summed E-state index contributed by atoms with van der Waals surface area (Å²) in [5.74, 6) is 0.0926. The predicted octanol–water partition coefficient (Wildman–Crippen LogP) is 3.81. The van der Waals surface area contributed by atoms with Gasteiger partial charge in [-0.05, 0) is 48.4 Å². The number of anilines is 3. The van der Waals surface area contributed by atoms with Crippen molar-refractivity contribution in [1.82, 2.24) is 14.3 Å². The lowest BCUT2D eigenvalue weighted by Gasteiger charge is -2.36. The number of rotatable bonds is 4. The Morgan fingerprint density at radius 2 is 1.77 bits per heavy atom. The number of carbonyl (C=O) groups is 1. The van der Waals surface area contributed by atoms with E-state index in [-0.39, 0.29) is 5.91 Å². The molecular weight excluding hydrogens is 436 g/mol. The zero-order valence-corrected chi connectivity index (χ0v) is 20.0. The van der Waals surface area contributed by atoms with Gasteiger partial charge in [-0.1, -0.05) is 24.3 Å². The minimum atomic E-state index is 0.0926. The number of para-hydroxylation sites is 1. The molecule has 0 radical (unpaired) electrons. The van der Waals surface area contributed by atoms with Gasteiger partial charge in [-0.15, -0.1) is 0 Å². The number of benzene rings is 2. The molecule has 0 atom stereocenters. The van der Waals surface area contributed by atoms with Gasteiger partial charge in [-0.2, -0.15) is 0 Å². The van der Waals surface area contributed by atoms with Gasteiger partial charge in [0.05, 0.1) is 11.4 Å². The van der Waals surface area contributed by atoms with Crippen LogP contribution in [0, 0.1) is 0 Å². The molecule has 7 heteroatoms. The number of piperazine rings is 1. The Balaban J connectivity index is 1.31. The Bertz CT molecular complexity index is 1390. The maximum atomic E-state index is 12.0. The number of nitrogen functional groups attached to an aromatic ring is 1. The lowest BCUT2D eigenvalue weighted by atomic mass is 10.0. The molecule has 1 fully saturated rings. The monoisotopic (exact) mass is 466 g/mol. The van der Waals surface area contributed by atoms with Gasteiger partial charge in [0.1, 0.15) is 5.65 Å². The van der Waals surface area contributed by atoms with Crippen molar-refractivity contribution in [3.63, 3.8) is 0 Å². The van der Waals surface area contributed by atoms with Gasteiger partial charge in [-0.3, -0.25) is 9.69 Å². The summed E-state index contributed by atoms with van der Waals surface area (Å²) in [7, 11) is 0. The number of nitrogens with zero attached hydrogens (tertiary/aromatic N) is 5. The first kappa shape index (κ1) is 21.7. The van der Waals surface area contributed by atoms with E-state index in [0.29, 0.717) is 0 Å². The third kappa shape index (κ3) is 4.02. The maximum absolute atomic E-state index is 12.0. The molecule has 0 aliphatic carbocycles. The van der Waals surface area contributed by atoms with Gasteiger partial charge in [0.2, 0.25) is 5.91 Å². The molecule has 4 heterocycles. The molecule has 4 aromatic rings. The van der Waals surface area contributed by atoms with Crippen LogP contribution in [-0.4, -0.2) is 52.9 Å². The van der Waals surface area contributed by atoms with E-state index in [2.05, 4.69) is 62.7 Å². The van der Waals surface area contributed by atoms with Crippen LogP contribution < -0.4 is 15.5 Å². The quantitative estimate of drug-likeness (QED) is 0.495. The number of nitrogens with two attached hydrogens (primary N) is 1. The zero-order valence-electron chi connectivity index (χ0n) is 20.0. The van der Waals surface area contributed by atoms with Crippen molar-refractivity contribution >= 4 is 28.6 Å². The van der Waals surface area contributed by atoms with Gasteiger partial charge in [0, 0.05) is 75.0 Å². The molecule has 1 amide bonds. The number of hydrogen-bond acceptors (Lipinski definition) is 5. The molecular formula is C28H30N6O. The van der Waals surface area contributed by atoms with Crippen LogP contribution in [-0.2, 0) is 17.8 Å². The largest absolute Gasteiger partial charge is 0.398 e. The standard InChI is InChI=1S/C28H30N6O/c1-20(35)33-12-11-21-17-22(7-9-25(21)33)28-26(34-18-23(29)8-10-27(34)30-28)19-31-13-15-32(16-14-31)24-5-3-2-4-6-24/h2-10,17-18H,11-16,19,29H2,1H3. The SMILES string of the molecule is CC(=O)N1CCc2cc(-c3nc4ccc(N)cn4c3CN3CCN(c4ccccc4)CC3)ccc21. The number of aromatic nitrogens is 2. The van der Waals surface area contributed by atoms with Crippen LogP contribution in [0.4, 0.5) is 17.1 Å². The van der Waals surface area contributed by atoms with E-state index in [4.69, 9.17) is 10.7 Å². The van der Waals surface area contributed by atoms with Gasteiger partial charge < -0.3 is 19.9 Å². The van der Waals surface area contributed by atoms with E-state index >= 15 is 0 Å². The first-order chi connectivity index (χ1) is 17.1. The van der Waals surface area contributed by atoms with Crippen LogP contribution in [0.1, 0.15) is 18.2 Å². The summed E-state index contributed by atoms with van der Waals surface area (Å²) >= 11 is 0. The number of pyridine rings is 1. The van der Waals surface area contributed by atoms with Crippen LogP contribution in [0.3, 0.4) is 0 Å². The molecule has 1 saturated heterocycles. The topological polar surface area (TPSA) is 70.1 Å². The Morgan fingerprint density at radius 3 is 2.54 bits per heavy atom. The highest BCUT2D eigenvalue weighted by molar-refractivity contribution is 5.94. The molecule has 2 aliphatic rings. The van der Waals surface area contributed by atoms with E-state index in [9.17, 15) is 4.79 Å².